The summed E-state index contributed by atoms with van der Waals surface area (Å²) in [6, 6.07) is 10.1. The fourth-order valence-corrected chi connectivity index (χ4v) is 1.91. The number of amides is 1. The zero-order valence-corrected chi connectivity index (χ0v) is 11.2. The van der Waals surface area contributed by atoms with Gasteiger partial charge in [0.2, 0.25) is 5.91 Å². The number of hydrogen-bond donors (Lipinski definition) is 1. The number of halogens is 1. The Morgan fingerprint density at radius 2 is 2.06 bits per heavy atom. The first-order valence-corrected chi connectivity index (χ1v) is 5.95. The Morgan fingerprint density at radius 1 is 1.39 bits per heavy atom. The second-order valence-corrected chi connectivity index (χ2v) is 4.35. The van der Waals surface area contributed by atoms with E-state index in [0.717, 1.165) is 18.7 Å². The summed E-state index contributed by atoms with van der Waals surface area (Å²) in [5.74, 6) is 0.381. The Labute approximate surface area is 114 Å². The minimum absolute atomic E-state index is 0. The molecule has 0 atom stereocenters. The molecule has 1 amide bonds. The van der Waals surface area contributed by atoms with Crippen molar-refractivity contribution in [3.05, 3.63) is 48.6 Å². The van der Waals surface area contributed by atoms with Gasteiger partial charge in [0.25, 0.3) is 0 Å². The van der Waals surface area contributed by atoms with Gasteiger partial charge in [-0.15, -0.1) is 19.0 Å². The Balaban J connectivity index is 0.00000162. The van der Waals surface area contributed by atoms with E-state index >= 15 is 0 Å². The highest BCUT2D eigenvalue weighted by atomic mass is 35.5. The Morgan fingerprint density at radius 3 is 2.56 bits per heavy atom. The SMILES string of the molecule is C=CCN(Cc1ccccc1)C(=O)C1CNC1.Cl. The fraction of sp³-hybridized carbons (Fsp3) is 0.357. The standard InChI is InChI=1S/C14H18N2O.ClH/c1-2-8-16(14(17)13-9-15-10-13)11-12-6-4-3-5-7-12;/h2-7,13,15H,1,8-11H2;1H. The molecule has 1 aliphatic rings. The molecule has 0 aliphatic carbocycles. The van der Waals surface area contributed by atoms with Crippen molar-refractivity contribution in [2.45, 2.75) is 6.54 Å². The second kappa shape index (κ2) is 7.19. The van der Waals surface area contributed by atoms with E-state index in [1.165, 1.54) is 0 Å². The van der Waals surface area contributed by atoms with Gasteiger partial charge in [-0.1, -0.05) is 36.4 Å². The summed E-state index contributed by atoms with van der Waals surface area (Å²) in [6.07, 6.45) is 1.78. The number of carbonyl (C=O) groups excluding carboxylic acids is 1. The molecule has 3 nitrogen and oxygen atoms in total. The molecule has 1 aromatic rings. The van der Waals surface area contributed by atoms with Gasteiger partial charge < -0.3 is 10.2 Å². The van der Waals surface area contributed by atoms with Gasteiger partial charge in [-0.05, 0) is 5.56 Å². The maximum atomic E-state index is 12.2. The minimum Gasteiger partial charge on any atom is -0.334 e. The van der Waals surface area contributed by atoms with Gasteiger partial charge in [0.1, 0.15) is 0 Å². The highest BCUT2D eigenvalue weighted by Crippen LogP contribution is 2.12. The van der Waals surface area contributed by atoms with Crippen molar-refractivity contribution in [1.29, 1.82) is 0 Å². The van der Waals surface area contributed by atoms with Gasteiger partial charge in [-0.3, -0.25) is 4.79 Å². The van der Waals surface area contributed by atoms with Crippen LogP contribution in [0.2, 0.25) is 0 Å². The highest BCUT2D eigenvalue weighted by Gasteiger charge is 2.28. The van der Waals surface area contributed by atoms with Crippen molar-refractivity contribution >= 4 is 18.3 Å². The molecule has 0 aromatic heterocycles. The second-order valence-electron chi connectivity index (χ2n) is 4.35. The average Bonchev–Trinajstić information content (AvgIpc) is 2.27. The largest absolute Gasteiger partial charge is 0.334 e. The van der Waals surface area contributed by atoms with Crippen LogP contribution in [0.5, 0.6) is 0 Å². The van der Waals surface area contributed by atoms with Crippen molar-refractivity contribution < 1.29 is 4.79 Å². The molecule has 18 heavy (non-hydrogen) atoms. The van der Waals surface area contributed by atoms with E-state index in [9.17, 15) is 4.79 Å². The van der Waals surface area contributed by atoms with Crippen LogP contribution in [-0.2, 0) is 11.3 Å². The average molecular weight is 267 g/mol. The van der Waals surface area contributed by atoms with Gasteiger partial charge in [0, 0.05) is 26.2 Å². The summed E-state index contributed by atoms with van der Waals surface area (Å²) >= 11 is 0. The molecule has 0 radical (unpaired) electrons. The van der Waals surface area contributed by atoms with Gasteiger partial charge in [0.05, 0.1) is 5.92 Å². The number of carbonyl (C=O) groups is 1. The number of nitrogens with zero attached hydrogens (tertiary/aromatic N) is 1. The van der Waals surface area contributed by atoms with Crippen molar-refractivity contribution in [3.8, 4) is 0 Å². The molecule has 1 fully saturated rings. The van der Waals surface area contributed by atoms with Crippen molar-refractivity contribution in [3.63, 3.8) is 0 Å². The summed E-state index contributed by atoms with van der Waals surface area (Å²) in [6.45, 7) is 6.62. The molecule has 0 bridgehead atoms. The lowest BCUT2D eigenvalue weighted by Crippen LogP contribution is -2.51. The summed E-state index contributed by atoms with van der Waals surface area (Å²) < 4.78 is 0. The molecule has 0 saturated carbocycles. The summed E-state index contributed by atoms with van der Waals surface area (Å²) in [7, 11) is 0. The number of rotatable bonds is 5. The molecule has 1 aromatic carbocycles. The van der Waals surface area contributed by atoms with Crippen LogP contribution in [0.25, 0.3) is 0 Å². The van der Waals surface area contributed by atoms with E-state index < -0.39 is 0 Å². The van der Waals surface area contributed by atoms with Crippen LogP contribution in [0.1, 0.15) is 5.56 Å². The lowest BCUT2D eigenvalue weighted by atomic mass is 10.0. The van der Waals surface area contributed by atoms with Crippen LogP contribution < -0.4 is 5.32 Å². The van der Waals surface area contributed by atoms with Crippen LogP contribution in [0.4, 0.5) is 0 Å². The number of hydrogen-bond acceptors (Lipinski definition) is 2. The van der Waals surface area contributed by atoms with E-state index in [2.05, 4.69) is 11.9 Å². The van der Waals surface area contributed by atoms with Crippen molar-refractivity contribution in [1.82, 2.24) is 10.2 Å². The molecule has 4 heteroatoms. The first-order chi connectivity index (χ1) is 8.31. The zero-order valence-electron chi connectivity index (χ0n) is 10.3. The van der Waals surface area contributed by atoms with E-state index in [4.69, 9.17) is 0 Å². The predicted molar refractivity (Wildman–Crippen MR) is 75.7 cm³/mol. The van der Waals surface area contributed by atoms with E-state index in [1.54, 1.807) is 6.08 Å². The molecule has 0 spiro atoms. The zero-order chi connectivity index (χ0) is 12.1. The maximum Gasteiger partial charge on any atom is 0.228 e. The molecule has 1 heterocycles. The predicted octanol–water partition coefficient (Wildman–Crippen LogP) is 1.84. The third kappa shape index (κ3) is 3.59. The smallest absolute Gasteiger partial charge is 0.228 e. The molecule has 98 valence electrons. The molecule has 1 N–H and O–H groups in total. The highest BCUT2D eigenvalue weighted by molar-refractivity contribution is 5.85. The van der Waals surface area contributed by atoms with Crippen molar-refractivity contribution in [2.75, 3.05) is 19.6 Å². The molecule has 0 unspecified atom stereocenters. The first kappa shape index (κ1) is 14.7. The lowest BCUT2D eigenvalue weighted by molar-refractivity contribution is -0.137. The van der Waals surface area contributed by atoms with E-state index in [1.807, 2.05) is 35.2 Å². The lowest BCUT2D eigenvalue weighted by Gasteiger charge is -2.32. The van der Waals surface area contributed by atoms with Gasteiger partial charge in [0.15, 0.2) is 0 Å². The third-order valence-electron chi connectivity index (χ3n) is 3.01. The van der Waals surface area contributed by atoms with Crippen LogP contribution >= 0.6 is 12.4 Å². The molecular formula is C14H19ClN2O. The fourth-order valence-electron chi connectivity index (χ4n) is 1.91. The first-order valence-electron chi connectivity index (χ1n) is 5.95. The number of nitrogens with one attached hydrogen (secondary N) is 1. The monoisotopic (exact) mass is 266 g/mol. The van der Waals surface area contributed by atoms with Crippen LogP contribution in [0.3, 0.4) is 0 Å². The number of benzene rings is 1. The Kier molecular flexibility index (Phi) is 5.89. The molecule has 1 saturated heterocycles. The Bertz CT molecular complexity index is 390. The summed E-state index contributed by atoms with van der Waals surface area (Å²) in [5, 5.41) is 3.13. The van der Waals surface area contributed by atoms with Crippen LogP contribution in [-0.4, -0.2) is 30.4 Å². The maximum absolute atomic E-state index is 12.2. The minimum atomic E-state index is 0. The van der Waals surface area contributed by atoms with Crippen LogP contribution in [0.15, 0.2) is 43.0 Å². The van der Waals surface area contributed by atoms with Crippen LogP contribution in [0, 0.1) is 5.92 Å². The van der Waals surface area contributed by atoms with E-state index in [-0.39, 0.29) is 24.2 Å². The Hall–Kier alpha value is -1.32. The van der Waals surface area contributed by atoms with Gasteiger partial charge in [-0.2, -0.15) is 0 Å². The molecular weight excluding hydrogens is 248 g/mol. The third-order valence-corrected chi connectivity index (χ3v) is 3.01. The summed E-state index contributed by atoms with van der Waals surface area (Å²) in [4.78, 5) is 14.0. The van der Waals surface area contributed by atoms with E-state index in [0.29, 0.717) is 13.1 Å². The summed E-state index contributed by atoms with van der Waals surface area (Å²) in [5.41, 5.74) is 1.16. The van der Waals surface area contributed by atoms with Gasteiger partial charge in [-0.25, -0.2) is 0 Å². The quantitative estimate of drug-likeness (QED) is 0.825. The topological polar surface area (TPSA) is 32.3 Å². The normalized spacial score (nSPS) is 14.2. The molecule has 1 aliphatic heterocycles. The van der Waals surface area contributed by atoms with Gasteiger partial charge >= 0.3 is 0 Å². The van der Waals surface area contributed by atoms with Crippen molar-refractivity contribution in [2.24, 2.45) is 5.92 Å². The molecule has 2 rings (SSSR count).